The number of carbonyl (C=O) groups is 1. The van der Waals surface area contributed by atoms with Gasteiger partial charge in [-0.05, 0) is 12.8 Å². The van der Waals surface area contributed by atoms with E-state index >= 15 is 0 Å². The number of rotatable bonds is 5. The van der Waals surface area contributed by atoms with Crippen LogP contribution in [0.15, 0.2) is 9.59 Å². The molecule has 1 aliphatic heterocycles. The number of aromatic amines is 1. The molecule has 4 unspecified atom stereocenters. The summed E-state index contributed by atoms with van der Waals surface area (Å²) < 4.78 is 7.21. The summed E-state index contributed by atoms with van der Waals surface area (Å²) in [5.41, 5.74) is -0.239. The van der Waals surface area contributed by atoms with Crippen LogP contribution < -0.4 is 10.4 Å². The zero-order valence-corrected chi connectivity index (χ0v) is 14.6. The van der Waals surface area contributed by atoms with Crippen LogP contribution in [0.25, 0.3) is 10.3 Å². The van der Waals surface area contributed by atoms with Crippen molar-refractivity contribution < 1.29 is 19.7 Å². The summed E-state index contributed by atoms with van der Waals surface area (Å²) in [6.07, 6.45) is -1.72. The molecule has 0 radical (unpaired) electrons. The normalized spacial score (nSPS) is 24.7. The maximum absolute atomic E-state index is 12.4. The lowest BCUT2D eigenvalue weighted by atomic mass is 9.93. The zero-order valence-electron chi connectivity index (χ0n) is 13.8. The van der Waals surface area contributed by atoms with E-state index in [1.807, 2.05) is 6.92 Å². The number of carboxylic acids is 1. The zero-order chi connectivity index (χ0) is 18.3. The summed E-state index contributed by atoms with van der Waals surface area (Å²) in [5.74, 6) is -0.850. The van der Waals surface area contributed by atoms with Crippen molar-refractivity contribution in [3.05, 3.63) is 25.8 Å². The molecular weight excluding hydrogens is 350 g/mol. The number of carboxylic acid groups (broad SMARTS) is 1. The number of aryl methyl sites for hydroxylation is 1. The number of fused-ring (bicyclic) bond motifs is 1. The van der Waals surface area contributed by atoms with Crippen molar-refractivity contribution >= 4 is 27.7 Å². The minimum Gasteiger partial charge on any atom is -0.481 e. The molecule has 3 N–H and O–H groups in total. The Morgan fingerprint density at radius 3 is 2.88 bits per heavy atom. The summed E-state index contributed by atoms with van der Waals surface area (Å²) >= 11 is 0.745. The lowest BCUT2D eigenvalue weighted by molar-refractivity contribution is -0.140. The van der Waals surface area contributed by atoms with Gasteiger partial charge in [0.25, 0.3) is 5.56 Å². The van der Waals surface area contributed by atoms with Crippen LogP contribution in [0.1, 0.15) is 38.2 Å². The van der Waals surface area contributed by atoms with Crippen molar-refractivity contribution in [2.75, 3.05) is 0 Å². The highest BCUT2D eigenvalue weighted by molar-refractivity contribution is 7.16. The molecular formula is C15H19N3O6S. The third kappa shape index (κ3) is 3.24. The van der Waals surface area contributed by atoms with Crippen molar-refractivity contribution in [1.29, 1.82) is 0 Å². The predicted octanol–water partition coefficient (Wildman–Crippen LogP) is 0.604. The number of aliphatic hydroxyl groups is 1. The Kier molecular flexibility index (Phi) is 4.76. The fourth-order valence-corrected chi connectivity index (χ4v) is 4.08. The second kappa shape index (κ2) is 6.70. The van der Waals surface area contributed by atoms with Gasteiger partial charge in [-0.25, -0.2) is 4.98 Å². The van der Waals surface area contributed by atoms with Gasteiger partial charge in [0.2, 0.25) is 0 Å². The van der Waals surface area contributed by atoms with Gasteiger partial charge in [-0.15, -0.1) is 0 Å². The molecule has 9 nitrogen and oxygen atoms in total. The van der Waals surface area contributed by atoms with Gasteiger partial charge >= 0.3 is 10.8 Å². The van der Waals surface area contributed by atoms with Crippen LogP contribution in [0.2, 0.25) is 0 Å². The van der Waals surface area contributed by atoms with Gasteiger partial charge in [0.1, 0.15) is 16.6 Å². The van der Waals surface area contributed by atoms with E-state index in [1.54, 1.807) is 6.92 Å². The van der Waals surface area contributed by atoms with E-state index in [2.05, 4.69) is 9.97 Å². The molecule has 4 atom stereocenters. The quantitative estimate of drug-likeness (QED) is 0.702. The Bertz CT molecular complexity index is 916. The maximum Gasteiger partial charge on any atom is 0.311 e. The first-order valence-electron chi connectivity index (χ1n) is 7.99. The summed E-state index contributed by atoms with van der Waals surface area (Å²) in [5, 5.41) is 19.4. The van der Waals surface area contributed by atoms with Crippen molar-refractivity contribution in [2.45, 2.75) is 51.5 Å². The van der Waals surface area contributed by atoms with Crippen molar-refractivity contribution in [3.63, 3.8) is 0 Å². The molecule has 0 saturated carbocycles. The minimum atomic E-state index is -0.984. The van der Waals surface area contributed by atoms with E-state index in [0.29, 0.717) is 12.2 Å². The van der Waals surface area contributed by atoms with Crippen molar-refractivity contribution in [1.82, 2.24) is 14.5 Å². The van der Waals surface area contributed by atoms with E-state index in [0.717, 1.165) is 11.3 Å². The Labute approximate surface area is 145 Å². The van der Waals surface area contributed by atoms with Gasteiger partial charge in [0, 0.05) is 6.42 Å². The summed E-state index contributed by atoms with van der Waals surface area (Å²) in [6.45, 7) is 3.45. The molecule has 0 amide bonds. The fourth-order valence-electron chi connectivity index (χ4n) is 3.24. The third-order valence-electron chi connectivity index (χ3n) is 4.45. The van der Waals surface area contributed by atoms with Crippen molar-refractivity contribution in [3.8, 4) is 0 Å². The molecule has 0 bridgehead atoms. The number of ether oxygens (including phenoxy) is 1. The molecule has 136 valence electrons. The van der Waals surface area contributed by atoms with Crippen molar-refractivity contribution in [2.24, 2.45) is 5.92 Å². The first-order valence-corrected chi connectivity index (χ1v) is 8.80. The molecule has 10 heteroatoms. The number of aliphatic hydroxyl groups excluding tert-OH is 1. The van der Waals surface area contributed by atoms with E-state index in [-0.39, 0.29) is 29.1 Å². The molecule has 1 aliphatic rings. The number of nitrogens with one attached hydrogen (secondary N) is 1. The van der Waals surface area contributed by atoms with E-state index in [4.69, 9.17) is 9.84 Å². The van der Waals surface area contributed by atoms with Crippen LogP contribution in [0.4, 0.5) is 0 Å². The summed E-state index contributed by atoms with van der Waals surface area (Å²) in [7, 11) is 0. The van der Waals surface area contributed by atoms with Gasteiger partial charge < -0.3 is 19.9 Å². The van der Waals surface area contributed by atoms with Gasteiger partial charge in [-0.1, -0.05) is 24.7 Å². The highest BCUT2D eigenvalue weighted by Crippen LogP contribution is 2.35. The lowest BCUT2D eigenvalue weighted by Gasteiger charge is -2.21. The summed E-state index contributed by atoms with van der Waals surface area (Å²) in [6, 6.07) is 0. The first kappa shape index (κ1) is 17.8. The number of nitrogens with zero attached hydrogens (tertiary/aromatic N) is 2. The molecule has 1 fully saturated rings. The highest BCUT2D eigenvalue weighted by Gasteiger charge is 2.41. The number of aromatic nitrogens is 3. The Morgan fingerprint density at radius 1 is 1.52 bits per heavy atom. The molecule has 25 heavy (non-hydrogen) atoms. The monoisotopic (exact) mass is 369 g/mol. The van der Waals surface area contributed by atoms with Gasteiger partial charge in [0.05, 0.1) is 12.5 Å². The Hall–Kier alpha value is -2.04. The predicted molar refractivity (Wildman–Crippen MR) is 89.8 cm³/mol. The average molecular weight is 369 g/mol. The standard InChI is InChI=1S/C15H19N3O6S/c1-3-7(4-10(20)21)9-5-8(19)14(24-9)18-12-11(25-15(18)23)13(22)17-6(2)16-12/h7-9,14,19H,3-5H2,1-2H3,(H,20,21)(H,16,17,22). The molecule has 2 aromatic rings. The topological polar surface area (TPSA) is 135 Å². The van der Waals surface area contributed by atoms with Crippen LogP contribution in [-0.2, 0) is 9.53 Å². The third-order valence-corrected chi connectivity index (χ3v) is 5.39. The SMILES string of the molecule is CCC(CC(=O)O)C1CC(O)C(n2c(=O)sc3c(=O)[nH]c(C)nc32)O1. The van der Waals surface area contributed by atoms with Crippen LogP contribution >= 0.6 is 11.3 Å². The number of thiazole rings is 1. The summed E-state index contributed by atoms with van der Waals surface area (Å²) in [4.78, 5) is 41.7. The second-order valence-electron chi connectivity index (χ2n) is 6.18. The molecule has 3 heterocycles. The largest absolute Gasteiger partial charge is 0.481 e. The van der Waals surface area contributed by atoms with Crippen LogP contribution in [0, 0.1) is 12.8 Å². The number of H-pyrrole nitrogens is 1. The van der Waals surface area contributed by atoms with Crippen LogP contribution in [0.3, 0.4) is 0 Å². The van der Waals surface area contributed by atoms with Gasteiger partial charge in [-0.2, -0.15) is 0 Å². The highest BCUT2D eigenvalue weighted by atomic mass is 32.1. The first-order chi connectivity index (χ1) is 11.8. The smallest absolute Gasteiger partial charge is 0.311 e. The van der Waals surface area contributed by atoms with E-state index in [1.165, 1.54) is 4.57 Å². The molecule has 3 rings (SSSR count). The fraction of sp³-hybridized carbons (Fsp3) is 0.600. The molecule has 1 saturated heterocycles. The number of hydrogen-bond donors (Lipinski definition) is 3. The van der Waals surface area contributed by atoms with Crippen LogP contribution in [0.5, 0.6) is 0 Å². The van der Waals surface area contributed by atoms with Gasteiger partial charge in [-0.3, -0.25) is 19.0 Å². The van der Waals surface area contributed by atoms with E-state index in [9.17, 15) is 19.5 Å². The lowest BCUT2D eigenvalue weighted by Crippen LogP contribution is -2.28. The van der Waals surface area contributed by atoms with Gasteiger partial charge in [0.15, 0.2) is 11.9 Å². The Morgan fingerprint density at radius 2 is 2.24 bits per heavy atom. The average Bonchev–Trinajstić information content (AvgIpc) is 3.04. The van der Waals surface area contributed by atoms with Crippen LogP contribution in [-0.4, -0.2) is 42.9 Å². The molecule has 0 aromatic carbocycles. The molecule has 2 aromatic heterocycles. The Balaban J connectivity index is 1.99. The molecule has 0 aliphatic carbocycles. The molecule has 0 spiro atoms. The maximum atomic E-state index is 12.4. The van der Waals surface area contributed by atoms with E-state index < -0.39 is 34.8 Å². The number of hydrogen-bond acceptors (Lipinski definition) is 7. The number of aliphatic carboxylic acids is 1. The second-order valence-corrected chi connectivity index (χ2v) is 7.14. The minimum absolute atomic E-state index is 0.0725.